The Kier molecular flexibility index (Phi) is 5.37. The lowest BCUT2D eigenvalue weighted by atomic mass is 9.82. The van der Waals surface area contributed by atoms with Gasteiger partial charge in [-0.2, -0.15) is 0 Å². The maximum atomic E-state index is 13.5. The van der Waals surface area contributed by atoms with Gasteiger partial charge in [-0.1, -0.05) is 54.6 Å². The number of nitrogens with one attached hydrogen (secondary N) is 1. The molecule has 0 aromatic heterocycles. The smallest absolute Gasteiger partial charge is 0.226 e. The molecule has 0 radical (unpaired) electrons. The van der Waals surface area contributed by atoms with E-state index in [1.165, 1.54) is 6.26 Å². The van der Waals surface area contributed by atoms with Gasteiger partial charge in [0.15, 0.2) is 0 Å². The number of sulfonamides is 1. The molecule has 3 fully saturated rings. The first kappa shape index (κ1) is 21.6. The first-order chi connectivity index (χ1) is 15.2. The molecular weight excluding hydrogens is 427 g/mol. The number of amides is 1. The van der Waals surface area contributed by atoms with Gasteiger partial charge in [-0.05, 0) is 48.8 Å². The molecule has 2 atom stereocenters. The average molecular weight is 457 g/mol. The Morgan fingerprint density at radius 1 is 1.09 bits per heavy atom. The molecule has 7 heteroatoms. The number of halogens is 1. The molecule has 2 aliphatic carbocycles. The van der Waals surface area contributed by atoms with Crippen LogP contribution in [-0.2, 0) is 21.2 Å². The van der Waals surface area contributed by atoms with E-state index in [0.717, 1.165) is 29.5 Å². The third-order valence-electron chi connectivity index (χ3n) is 7.36. The molecule has 2 saturated carbocycles. The molecule has 2 aromatic carbocycles. The van der Waals surface area contributed by atoms with Crippen molar-refractivity contribution in [3.8, 4) is 11.1 Å². The fourth-order valence-electron chi connectivity index (χ4n) is 5.41. The van der Waals surface area contributed by atoms with E-state index in [4.69, 9.17) is 0 Å². The normalized spacial score (nSPS) is 28.5. The molecule has 1 spiro atoms. The van der Waals surface area contributed by atoms with E-state index in [0.29, 0.717) is 13.0 Å². The molecule has 1 saturated heterocycles. The lowest BCUT2D eigenvalue weighted by molar-refractivity contribution is -0.141. The highest BCUT2D eigenvalue weighted by molar-refractivity contribution is 7.88. The molecule has 0 bridgehead atoms. The minimum atomic E-state index is -3.43. The van der Waals surface area contributed by atoms with Crippen molar-refractivity contribution in [3.05, 3.63) is 60.2 Å². The van der Waals surface area contributed by atoms with Gasteiger partial charge in [-0.15, -0.1) is 0 Å². The molecule has 1 aliphatic heterocycles. The fraction of sp³-hybridized carbons (Fsp3) is 0.480. The Labute approximate surface area is 189 Å². The summed E-state index contributed by atoms with van der Waals surface area (Å²) in [6.07, 6.45) is 3.22. The van der Waals surface area contributed by atoms with Crippen LogP contribution in [-0.4, -0.2) is 50.3 Å². The number of carbonyl (C=O) groups is 1. The maximum Gasteiger partial charge on any atom is 0.226 e. The van der Waals surface area contributed by atoms with E-state index < -0.39 is 16.2 Å². The van der Waals surface area contributed by atoms with Crippen LogP contribution in [0.4, 0.5) is 4.39 Å². The molecule has 5 rings (SSSR count). The van der Waals surface area contributed by atoms with Crippen LogP contribution in [0.5, 0.6) is 0 Å². The Balaban J connectivity index is 1.45. The van der Waals surface area contributed by atoms with Crippen molar-refractivity contribution in [2.45, 2.75) is 50.4 Å². The molecule has 5 nitrogen and oxygen atoms in total. The average Bonchev–Trinajstić information content (AvgIpc) is 3.47. The Morgan fingerprint density at radius 2 is 1.78 bits per heavy atom. The molecule has 32 heavy (non-hydrogen) atoms. The van der Waals surface area contributed by atoms with Crippen LogP contribution in [0, 0.1) is 11.3 Å². The molecule has 1 N–H and O–H groups in total. The molecule has 170 valence electrons. The van der Waals surface area contributed by atoms with Gasteiger partial charge in [-0.25, -0.2) is 17.5 Å². The summed E-state index contributed by atoms with van der Waals surface area (Å²) in [6, 6.07) is 17.7. The summed E-state index contributed by atoms with van der Waals surface area (Å²) in [6.45, 7) is 0.551. The van der Waals surface area contributed by atoms with Crippen LogP contribution in [0.2, 0.25) is 0 Å². The van der Waals surface area contributed by atoms with Crippen LogP contribution < -0.4 is 4.72 Å². The Morgan fingerprint density at radius 3 is 2.41 bits per heavy atom. The number of nitrogens with zero attached hydrogens (tertiary/aromatic N) is 1. The van der Waals surface area contributed by atoms with Gasteiger partial charge < -0.3 is 4.90 Å². The van der Waals surface area contributed by atoms with Crippen molar-refractivity contribution in [2.75, 3.05) is 12.8 Å². The number of benzene rings is 2. The number of rotatable bonds is 6. The molecule has 1 amide bonds. The molecule has 2 aromatic rings. The number of carbonyl (C=O) groups excluding carboxylic acids is 1. The highest BCUT2D eigenvalue weighted by atomic mass is 32.2. The second kappa shape index (κ2) is 7.96. The molecule has 1 heterocycles. The van der Waals surface area contributed by atoms with Crippen LogP contribution in [0.15, 0.2) is 54.6 Å². The van der Waals surface area contributed by atoms with E-state index in [1.54, 1.807) is 0 Å². The zero-order valence-electron chi connectivity index (χ0n) is 18.2. The van der Waals surface area contributed by atoms with Crippen LogP contribution in [0.1, 0.15) is 31.2 Å². The highest BCUT2D eigenvalue weighted by Gasteiger charge is 2.61. The highest BCUT2D eigenvalue weighted by Crippen LogP contribution is 2.56. The van der Waals surface area contributed by atoms with Gasteiger partial charge in [-0.3, -0.25) is 4.79 Å². The van der Waals surface area contributed by atoms with E-state index >= 15 is 0 Å². The molecule has 3 aliphatic rings. The first-order valence-electron chi connectivity index (χ1n) is 11.3. The van der Waals surface area contributed by atoms with Gasteiger partial charge in [0.05, 0.1) is 12.3 Å². The summed E-state index contributed by atoms with van der Waals surface area (Å²) in [4.78, 5) is 15.1. The summed E-state index contributed by atoms with van der Waals surface area (Å²) >= 11 is 0. The topological polar surface area (TPSA) is 66.5 Å². The van der Waals surface area contributed by atoms with E-state index in [-0.39, 0.29) is 42.2 Å². The van der Waals surface area contributed by atoms with E-state index in [2.05, 4.69) is 29.0 Å². The second-order valence-electron chi connectivity index (χ2n) is 9.80. The second-order valence-corrected chi connectivity index (χ2v) is 11.6. The lowest BCUT2D eigenvalue weighted by Gasteiger charge is -2.36. The lowest BCUT2D eigenvalue weighted by Crippen LogP contribution is -2.51. The molecule has 0 unspecified atom stereocenters. The molecular formula is C25H29FN2O3S. The number of likely N-dealkylation sites (tertiary alicyclic amines) is 1. The standard InChI is InChI=1S/C25H29FN2O3S/c1-32(30,31)27-23-22(13-17-6-5-9-19(12-17)18-7-3-2-4-8-18)28(16-25(23)10-11-25)24(29)20-14-21(26)15-20/h2-9,12,20-23,27H,10-11,13-16H2,1H3/t20-,21+,22-,23+/m0/s1. The minimum absolute atomic E-state index is 0.0211. The first-order valence-corrected chi connectivity index (χ1v) is 13.2. The van der Waals surface area contributed by atoms with Crippen molar-refractivity contribution in [1.29, 1.82) is 0 Å². The fourth-order valence-corrected chi connectivity index (χ4v) is 6.28. The van der Waals surface area contributed by atoms with Gasteiger partial charge in [0, 0.05) is 23.9 Å². The van der Waals surface area contributed by atoms with Gasteiger partial charge >= 0.3 is 0 Å². The van der Waals surface area contributed by atoms with Crippen molar-refractivity contribution < 1.29 is 17.6 Å². The largest absolute Gasteiger partial charge is 0.337 e. The summed E-state index contributed by atoms with van der Waals surface area (Å²) in [7, 11) is -3.43. The summed E-state index contributed by atoms with van der Waals surface area (Å²) in [5, 5.41) is 0. The zero-order chi connectivity index (χ0) is 22.5. The Bertz CT molecular complexity index is 1110. The van der Waals surface area contributed by atoms with Crippen molar-refractivity contribution in [1.82, 2.24) is 9.62 Å². The van der Waals surface area contributed by atoms with Crippen LogP contribution in [0.3, 0.4) is 0 Å². The van der Waals surface area contributed by atoms with Crippen molar-refractivity contribution >= 4 is 15.9 Å². The zero-order valence-corrected chi connectivity index (χ0v) is 19.0. The minimum Gasteiger partial charge on any atom is -0.337 e. The maximum absolute atomic E-state index is 13.5. The van der Waals surface area contributed by atoms with Gasteiger partial charge in [0.1, 0.15) is 6.17 Å². The summed E-state index contributed by atoms with van der Waals surface area (Å²) < 4.78 is 40.7. The van der Waals surface area contributed by atoms with Gasteiger partial charge in [0.25, 0.3) is 0 Å². The summed E-state index contributed by atoms with van der Waals surface area (Å²) in [5.74, 6) is -0.303. The summed E-state index contributed by atoms with van der Waals surface area (Å²) in [5.41, 5.74) is 3.07. The van der Waals surface area contributed by atoms with Crippen LogP contribution in [0.25, 0.3) is 11.1 Å². The van der Waals surface area contributed by atoms with Gasteiger partial charge in [0.2, 0.25) is 15.9 Å². The predicted molar refractivity (Wildman–Crippen MR) is 122 cm³/mol. The van der Waals surface area contributed by atoms with Crippen molar-refractivity contribution in [3.63, 3.8) is 0 Å². The predicted octanol–water partition coefficient (Wildman–Crippen LogP) is 3.55. The Hall–Kier alpha value is -2.25. The van der Waals surface area contributed by atoms with Crippen LogP contribution >= 0.6 is 0 Å². The SMILES string of the molecule is CS(=O)(=O)N[C@@H]1[C@H](Cc2cccc(-c3ccccc3)c2)N(C(=O)[C@H]2C[C@@H](F)C2)CC12CC2. The third-order valence-corrected chi connectivity index (χ3v) is 8.04. The van der Waals surface area contributed by atoms with E-state index in [1.807, 2.05) is 35.2 Å². The number of alkyl halides is 1. The quantitative estimate of drug-likeness (QED) is 0.723. The number of hydrogen-bond acceptors (Lipinski definition) is 3. The monoisotopic (exact) mass is 456 g/mol. The third kappa shape index (κ3) is 4.20. The number of hydrogen-bond donors (Lipinski definition) is 1. The van der Waals surface area contributed by atoms with E-state index in [9.17, 15) is 17.6 Å². The van der Waals surface area contributed by atoms with Crippen molar-refractivity contribution in [2.24, 2.45) is 11.3 Å².